The molecule has 3 aromatic rings. The van der Waals surface area contributed by atoms with Gasteiger partial charge in [-0.2, -0.15) is 4.98 Å². The van der Waals surface area contributed by atoms with E-state index in [-0.39, 0.29) is 12.5 Å². The number of carbonyl (C=O) groups is 1. The topological polar surface area (TPSA) is 74.5 Å². The summed E-state index contributed by atoms with van der Waals surface area (Å²) in [5, 5.41) is 4.42. The number of hydrogen-bond acceptors (Lipinski definition) is 6. The van der Waals surface area contributed by atoms with Crippen molar-refractivity contribution in [3.8, 4) is 17.1 Å². The number of esters is 1. The lowest BCUT2D eigenvalue weighted by atomic mass is 10.2. The molecule has 2 aromatic carbocycles. The Morgan fingerprint density at radius 1 is 1.23 bits per heavy atom. The Morgan fingerprint density at radius 2 is 2.08 bits per heavy atom. The van der Waals surface area contributed by atoms with E-state index in [0.717, 1.165) is 11.1 Å². The van der Waals surface area contributed by atoms with E-state index >= 15 is 0 Å². The lowest BCUT2D eigenvalue weighted by Gasteiger charge is -2.03. The van der Waals surface area contributed by atoms with Crippen LogP contribution in [0, 0.1) is 0 Å². The van der Waals surface area contributed by atoms with Gasteiger partial charge in [-0.05, 0) is 24.3 Å². The maximum atomic E-state index is 11.9. The highest BCUT2D eigenvalue weighted by molar-refractivity contribution is 6.30. The molecule has 0 fully saturated rings. The molecule has 7 heteroatoms. The van der Waals surface area contributed by atoms with Crippen LogP contribution < -0.4 is 4.74 Å². The van der Waals surface area contributed by atoms with Gasteiger partial charge in [-0.15, -0.1) is 0 Å². The molecule has 0 aliphatic carbocycles. The second-order valence-electron chi connectivity index (χ2n) is 5.21. The van der Waals surface area contributed by atoms with E-state index in [2.05, 4.69) is 10.1 Å². The van der Waals surface area contributed by atoms with Crippen LogP contribution in [0.4, 0.5) is 0 Å². The molecule has 0 saturated heterocycles. The van der Waals surface area contributed by atoms with Crippen LogP contribution in [-0.2, 0) is 16.1 Å². The quantitative estimate of drug-likeness (QED) is 0.479. The van der Waals surface area contributed by atoms with Crippen molar-refractivity contribution in [2.24, 2.45) is 0 Å². The third kappa shape index (κ3) is 4.49. The van der Waals surface area contributed by atoms with Gasteiger partial charge >= 0.3 is 5.97 Å². The fourth-order valence-corrected chi connectivity index (χ4v) is 2.39. The molecule has 0 aliphatic rings. The van der Waals surface area contributed by atoms with Crippen molar-refractivity contribution in [2.75, 3.05) is 7.11 Å². The SMILES string of the molecule is COc1ccccc1/C=C/C(=O)OCc1nc(-c2cccc(Cl)c2)no1. The summed E-state index contributed by atoms with van der Waals surface area (Å²) < 4.78 is 15.4. The summed E-state index contributed by atoms with van der Waals surface area (Å²) in [5.74, 6) is 0.708. The first-order valence-corrected chi connectivity index (χ1v) is 8.10. The van der Waals surface area contributed by atoms with E-state index in [1.165, 1.54) is 6.08 Å². The van der Waals surface area contributed by atoms with Gasteiger partial charge in [-0.3, -0.25) is 0 Å². The average molecular weight is 371 g/mol. The fourth-order valence-electron chi connectivity index (χ4n) is 2.20. The van der Waals surface area contributed by atoms with Gasteiger partial charge in [-0.25, -0.2) is 4.79 Å². The standard InChI is InChI=1S/C19H15ClN2O4/c1-24-16-8-3-2-5-13(16)9-10-18(23)25-12-17-21-19(22-26-17)14-6-4-7-15(20)11-14/h2-11H,12H2,1H3/b10-9+. The molecule has 6 nitrogen and oxygen atoms in total. The van der Waals surface area contributed by atoms with Crippen LogP contribution in [-0.4, -0.2) is 23.2 Å². The van der Waals surface area contributed by atoms with E-state index in [9.17, 15) is 4.79 Å². The van der Waals surface area contributed by atoms with Gasteiger partial charge in [0.25, 0.3) is 5.89 Å². The third-order valence-corrected chi connectivity index (χ3v) is 3.66. The lowest BCUT2D eigenvalue weighted by Crippen LogP contribution is -2.01. The highest BCUT2D eigenvalue weighted by Crippen LogP contribution is 2.20. The zero-order valence-electron chi connectivity index (χ0n) is 13.9. The smallest absolute Gasteiger partial charge is 0.331 e. The highest BCUT2D eigenvalue weighted by atomic mass is 35.5. The first-order chi connectivity index (χ1) is 12.7. The van der Waals surface area contributed by atoms with Crippen molar-refractivity contribution < 1.29 is 18.8 Å². The maximum Gasteiger partial charge on any atom is 0.331 e. The van der Waals surface area contributed by atoms with Crippen LogP contribution in [0.1, 0.15) is 11.5 Å². The molecule has 0 atom stereocenters. The number of aromatic nitrogens is 2. The Hall–Kier alpha value is -3.12. The Morgan fingerprint density at radius 3 is 2.88 bits per heavy atom. The molecule has 0 amide bonds. The zero-order chi connectivity index (χ0) is 18.4. The molecular formula is C19H15ClN2O4. The normalized spacial score (nSPS) is 10.8. The minimum absolute atomic E-state index is 0.122. The molecule has 132 valence electrons. The number of halogens is 1. The molecule has 0 bridgehead atoms. The summed E-state index contributed by atoms with van der Waals surface area (Å²) in [6, 6.07) is 14.4. The van der Waals surface area contributed by atoms with Crippen molar-refractivity contribution >= 4 is 23.6 Å². The molecule has 1 heterocycles. The number of carbonyl (C=O) groups excluding carboxylic acids is 1. The minimum atomic E-state index is -0.529. The van der Waals surface area contributed by atoms with E-state index in [1.807, 2.05) is 24.3 Å². The Kier molecular flexibility index (Phi) is 5.66. The van der Waals surface area contributed by atoms with E-state index < -0.39 is 5.97 Å². The summed E-state index contributed by atoms with van der Waals surface area (Å²) >= 11 is 5.94. The van der Waals surface area contributed by atoms with Gasteiger partial charge in [-0.1, -0.05) is 47.1 Å². The number of methoxy groups -OCH3 is 1. The maximum absolute atomic E-state index is 11.9. The van der Waals surface area contributed by atoms with Gasteiger partial charge in [0.1, 0.15) is 5.75 Å². The second kappa shape index (κ2) is 8.31. The predicted molar refractivity (Wildman–Crippen MR) is 96.6 cm³/mol. The van der Waals surface area contributed by atoms with E-state index in [0.29, 0.717) is 16.6 Å². The Labute approximate surface area is 155 Å². The lowest BCUT2D eigenvalue weighted by molar-refractivity contribution is -0.139. The zero-order valence-corrected chi connectivity index (χ0v) is 14.6. The van der Waals surface area contributed by atoms with Crippen LogP contribution in [0.2, 0.25) is 5.02 Å². The average Bonchev–Trinajstić information content (AvgIpc) is 3.14. The van der Waals surface area contributed by atoms with Gasteiger partial charge < -0.3 is 14.0 Å². The van der Waals surface area contributed by atoms with Gasteiger partial charge in [0.2, 0.25) is 5.82 Å². The first kappa shape index (κ1) is 17.7. The highest BCUT2D eigenvalue weighted by Gasteiger charge is 2.10. The predicted octanol–water partition coefficient (Wildman–Crippen LogP) is 4.16. The number of hydrogen-bond donors (Lipinski definition) is 0. The molecule has 0 unspecified atom stereocenters. The number of benzene rings is 2. The number of ether oxygens (including phenoxy) is 2. The monoisotopic (exact) mass is 370 g/mol. The number of rotatable bonds is 6. The molecule has 0 spiro atoms. The van der Waals surface area contributed by atoms with Crippen LogP contribution in [0.3, 0.4) is 0 Å². The van der Waals surface area contributed by atoms with Gasteiger partial charge in [0, 0.05) is 22.2 Å². The van der Waals surface area contributed by atoms with Crippen LogP contribution in [0.5, 0.6) is 5.75 Å². The molecule has 26 heavy (non-hydrogen) atoms. The summed E-state index contributed by atoms with van der Waals surface area (Å²) in [4.78, 5) is 16.0. The third-order valence-electron chi connectivity index (χ3n) is 3.43. The first-order valence-electron chi connectivity index (χ1n) is 7.72. The summed E-state index contributed by atoms with van der Waals surface area (Å²) in [6.45, 7) is -0.122. The minimum Gasteiger partial charge on any atom is -0.496 e. The van der Waals surface area contributed by atoms with Crippen LogP contribution >= 0.6 is 11.6 Å². The van der Waals surface area contributed by atoms with E-state index in [4.69, 9.17) is 25.6 Å². The molecule has 0 aliphatic heterocycles. The van der Waals surface area contributed by atoms with Crippen molar-refractivity contribution in [3.05, 3.63) is 71.1 Å². The number of para-hydroxylation sites is 1. The van der Waals surface area contributed by atoms with Crippen molar-refractivity contribution in [2.45, 2.75) is 6.61 Å². The molecule has 0 radical (unpaired) electrons. The van der Waals surface area contributed by atoms with Crippen molar-refractivity contribution in [3.63, 3.8) is 0 Å². The Balaban J connectivity index is 1.59. The number of nitrogens with zero attached hydrogens (tertiary/aromatic N) is 2. The summed E-state index contributed by atoms with van der Waals surface area (Å²) in [7, 11) is 1.57. The fraction of sp³-hybridized carbons (Fsp3) is 0.105. The van der Waals surface area contributed by atoms with Crippen LogP contribution in [0.15, 0.2) is 59.1 Å². The molecule has 0 saturated carbocycles. The molecule has 1 aromatic heterocycles. The Bertz CT molecular complexity index is 937. The largest absolute Gasteiger partial charge is 0.496 e. The van der Waals surface area contributed by atoms with Crippen LogP contribution in [0.25, 0.3) is 17.5 Å². The van der Waals surface area contributed by atoms with Gasteiger partial charge in [0.05, 0.1) is 7.11 Å². The summed E-state index contributed by atoms with van der Waals surface area (Å²) in [5.41, 5.74) is 1.49. The van der Waals surface area contributed by atoms with E-state index in [1.54, 1.807) is 37.5 Å². The molecule has 3 rings (SSSR count). The van der Waals surface area contributed by atoms with Gasteiger partial charge in [0.15, 0.2) is 6.61 Å². The van der Waals surface area contributed by atoms with Crippen molar-refractivity contribution in [1.29, 1.82) is 0 Å². The molecular weight excluding hydrogens is 356 g/mol. The molecule has 0 N–H and O–H groups in total. The second-order valence-corrected chi connectivity index (χ2v) is 5.64. The summed E-state index contributed by atoms with van der Waals surface area (Å²) in [6.07, 6.45) is 2.93. The van der Waals surface area contributed by atoms with Crippen molar-refractivity contribution in [1.82, 2.24) is 10.1 Å².